The van der Waals surface area contributed by atoms with Crippen molar-refractivity contribution >= 4 is 29.3 Å². The summed E-state index contributed by atoms with van der Waals surface area (Å²) in [5.74, 6) is 0.369. The van der Waals surface area contributed by atoms with E-state index in [1.165, 1.54) is 18.3 Å². The van der Waals surface area contributed by atoms with E-state index in [1.54, 1.807) is 43.3 Å². The molecule has 0 saturated heterocycles. The van der Waals surface area contributed by atoms with E-state index in [2.05, 4.69) is 10.3 Å². The van der Waals surface area contributed by atoms with E-state index in [1.807, 2.05) is 6.07 Å². The van der Waals surface area contributed by atoms with Crippen LogP contribution in [0.5, 0.6) is 11.5 Å². The molecule has 0 unspecified atom stereocenters. The molecule has 1 aromatic heterocycles. The van der Waals surface area contributed by atoms with Gasteiger partial charge in [0.15, 0.2) is 0 Å². The molecule has 2 aromatic carbocycles. The molecule has 0 aliphatic rings. The van der Waals surface area contributed by atoms with Crippen LogP contribution in [0.1, 0.15) is 30.2 Å². The molecule has 0 radical (unpaired) electrons. The molecule has 0 bridgehead atoms. The summed E-state index contributed by atoms with van der Waals surface area (Å²) in [6.07, 6.45) is -1.22. The van der Waals surface area contributed by atoms with Crippen LogP contribution in [0.25, 0.3) is 6.08 Å². The summed E-state index contributed by atoms with van der Waals surface area (Å²) in [5.41, 5.74) is 0.181. The van der Waals surface area contributed by atoms with E-state index >= 15 is 0 Å². The minimum absolute atomic E-state index is 0.0147. The van der Waals surface area contributed by atoms with Gasteiger partial charge in [-0.2, -0.15) is 18.4 Å². The van der Waals surface area contributed by atoms with E-state index in [4.69, 9.17) is 21.6 Å². The lowest BCUT2D eigenvalue weighted by molar-refractivity contribution is -0.137. The summed E-state index contributed by atoms with van der Waals surface area (Å²) in [7, 11) is 0. The lowest BCUT2D eigenvalue weighted by Crippen LogP contribution is -2.15. The van der Waals surface area contributed by atoms with Crippen molar-refractivity contribution < 1.29 is 22.7 Å². The number of carbonyl (C=O) groups is 1. The molecule has 1 N–H and O–H groups in total. The first kappa shape index (κ1) is 23.8. The maximum absolute atomic E-state index is 13.1. The number of benzene rings is 2. The van der Waals surface area contributed by atoms with Crippen molar-refractivity contribution in [2.45, 2.75) is 19.5 Å². The van der Waals surface area contributed by atoms with Crippen LogP contribution in [0, 0.1) is 11.3 Å². The molecule has 3 rings (SSSR count). The van der Waals surface area contributed by atoms with Gasteiger partial charge in [0.2, 0.25) is 0 Å². The highest BCUT2D eigenvalue weighted by molar-refractivity contribution is 6.31. The van der Waals surface area contributed by atoms with E-state index in [-0.39, 0.29) is 11.4 Å². The molecule has 1 heterocycles. The number of alkyl halides is 3. The maximum Gasteiger partial charge on any atom is 0.417 e. The Morgan fingerprint density at radius 2 is 1.94 bits per heavy atom. The summed E-state index contributed by atoms with van der Waals surface area (Å²) >= 11 is 5.63. The van der Waals surface area contributed by atoms with Gasteiger partial charge in [0, 0.05) is 23.5 Å². The summed E-state index contributed by atoms with van der Waals surface area (Å²) < 4.78 is 45.0. The van der Waals surface area contributed by atoms with Crippen LogP contribution in [0.3, 0.4) is 0 Å². The van der Waals surface area contributed by atoms with Crippen molar-refractivity contribution in [3.05, 3.63) is 88.2 Å². The average molecular weight is 472 g/mol. The zero-order valence-corrected chi connectivity index (χ0v) is 18.0. The summed E-state index contributed by atoms with van der Waals surface area (Å²) in [4.78, 5) is 16.6. The molecule has 0 aliphatic carbocycles. The van der Waals surface area contributed by atoms with Gasteiger partial charge in [0.25, 0.3) is 5.91 Å². The molecule has 1 amide bonds. The van der Waals surface area contributed by atoms with Crippen LogP contribution < -0.4 is 10.1 Å². The van der Waals surface area contributed by atoms with Gasteiger partial charge >= 0.3 is 6.18 Å². The quantitative estimate of drug-likeness (QED) is 0.399. The second-order valence-electron chi connectivity index (χ2n) is 6.83. The van der Waals surface area contributed by atoms with Crippen molar-refractivity contribution in [3.63, 3.8) is 0 Å². The Kier molecular flexibility index (Phi) is 7.36. The fourth-order valence-corrected chi connectivity index (χ4v) is 3.13. The highest BCUT2D eigenvalue weighted by atomic mass is 35.5. The first-order chi connectivity index (χ1) is 15.7. The molecule has 0 spiro atoms. The number of hydrogen-bond donors (Lipinski definition) is 1. The number of rotatable bonds is 6. The third kappa shape index (κ3) is 6.34. The standard InChI is InChI=1S/C24H17ClF3N3O2/c1-2-16(23(32)31-17-6-7-22(25)21(13-17)24(26,27)28)10-15-4-3-5-19(11-15)33-20-8-9-30-18(12-20)14-29/h3-13H,2H2,1H3,(H,31,32)/b16-10+. The van der Waals surface area contributed by atoms with E-state index in [0.717, 1.165) is 12.1 Å². The lowest BCUT2D eigenvalue weighted by atomic mass is 10.1. The Hall–Kier alpha value is -3.83. The summed E-state index contributed by atoms with van der Waals surface area (Å²) in [5, 5.41) is 11.0. The molecule has 0 aliphatic heterocycles. The van der Waals surface area contributed by atoms with Gasteiger partial charge in [-0.25, -0.2) is 4.98 Å². The van der Waals surface area contributed by atoms with Crippen molar-refractivity contribution in [1.29, 1.82) is 5.26 Å². The van der Waals surface area contributed by atoms with E-state index < -0.39 is 22.7 Å². The van der Waals surface area contributed by atoms with Gasteiger partial charge in [-0.3, -0.25) is 4.79 Å². The SMILES string of the molecule is CC/C(=C\c1cccc(Oc2ccnc(C#N)c2)c1)C(=O)Nc1ccc(Cl)c(C(F)(F)F)c1. The van der Waals surface area contributed by atoms with Crippen molar-refractivity contribution in [3.8, 4) is 17.6 Å². The van der Waals surface area contributed by atoms with Crippen LogP contribution in [-0.4, -0.2) is 10.9 Å². The number of pyridine rings is 1. The summed E-state index contributed by atoms with van der Waals surface area (Å²) in [6.45, 7) is 1.76. The Morgan fingerprint density at radius 1 is 1.18 bits per heavy atom. The van der Waals surface area contributed by atoms with Crippen LogP contribution in [0.4, 0.5) is 18.9 Å². The number of carbonyl (C=O) groups excluding carboxylic acids is 1. The van der Waals surface area contributed by atoms with Gasteiger partial charge < -0.3 is 10.1 Å². The minimum atomic E-state index is -4.63. The predicted molar refractivity (Wildman–Crippen MR) is 119 cm³/mol. The number of amides is 1. The molecule has 168 valence electrons. The first-order valence-electron chi connectivity index (χ1n) is 9.72. The number of ether oxygens (including phenoxy) is 1. The molecular weight excluding hydrogens is 455 g/mol. The number of nitrogens with one attached hydrogen (secondary N) is 1. The highest BCUT2D eigenvalue weighted by Gasteiger charge is 2.33. The third-order valence-electron chi connectivity index (χ3n) is 4.48. The van der Waals surface area contributed by atoms with Gasteiger partial charge in [-0.15, -0.1) is 0 Å². The lowest BCUT2D eigenvalue weighted by Gasteiger charge is -2.13. The Labute approximate surface area is 193 Å². The fraction of sp³-hybridized carbons (Fsp3) is 0.125. The van der Waals surface area contributed by atoms with Crippen LogP contribution in [0.2, 0.25) is 5.02 Å². The molecule has 5 nitrogen and oxygen atoms in total. The topological polar surface area (TPSA) is 75.0 Å². The van der Waals surface area contributed by atoms with Gasteiger partial charge in [0.1, 0.15) is 23.3 Å². The van der Waals surface area contributed by atoms with Gasteiger partial charge in [0.05, 0.1) is 10.6 Å². The van der Waals surface area contributed by atoms with Crippen molar-refractivity contribution in [2.24, 2.45) is 0 Å². The molecule has 0 fully saturated rings. The van der Waals surface area contributed by atoms with Crippen molar-refractivity contribution in [1.82, 2.24) is 4.98 Å². The second kappa shape index (κ2) is 10.2. The molecule has 0 atom stereocenters. The Bertz CT molecular complexity index is 1250. The normalized spacial score (nSPS) is 11.6. The van der Waals surface area contributed by atoms with Crippen LogP contribution in [-0.2, 0) is 11.0 Å². The highest BCUT2D eigenvalue weighted by Crippen LogP contribution is 2.36. The molecule has 3 aromatic rings. The molecule has 9 heteroatoms. The molecular formula is C24H17ClF3N3O2. The second-order valence-corrected chi connectivity index (χ2v) is 7.24. The largest absolute Gasteiger partial charge is 0.457 e. The predicted octanol–water partition coefficient (Wildman–Crippen LogP) is 6.85. The Balaban J connectivity index is 1.80. The number of anilines is 1. The number of nitrogens with zero attached hydrogens (tertiary/aromatic N) is 2. The van der Waals surface area contributed by atoms with Gasteiger partial charge in [-0.05, 0) is 54.5 Å². The van der Waals surface area contributed by atoms with Crippen molar-refractivity contribution in [2.75, 3.05) is 5.32 Å². The van der Waals surface area contributed by atoms with E-state index in [0.29, 0.717) is 29.1 Å². The zero-order chi connectivity index (χ0) is 24.0. The zero-order valence-electron chi connectivity index (χ0n) is 17.3. The smallest absolute Gasteiger partial charge is 0.417 e. The van der Waals surface area contributed by atoms with Gasteiger partial charge in [-0.1, -0.05) is 30.7 Å². The molecule has 0 saturated carbocycles. The number of nitriles is 1. The first-order valence-corrected chi connectivity index (χ1v) is 10.1. The number of aromatic nitrogens is 1. The van der Waals surface area contributed by atoms with Crippen LogP contribution in [0.15, 0.2) is 66.4 Å². The number of halogens is 4. The van der Waals surface area contributed by atoms with E-state index in [9.17, 15) is 18.0 Å². The number of hydrogen-bond acceptors (Lipinski definition) is 4. The fourth-order valence-electron chi connectivity index (χ4n) is 2.90. The summed E-state index contributed by atoms with van der Waals surface area (Å²) in [6, 6.07) is 15.1. The minimum Gasteiger partial charge on any atom is -0.457 e. The maximum atomic E-state index is 13.1. The monoisotopic (exact) mass is 471 g/mol. The molecule has 33 heavy (non-hydrogen) atoms. The average Bonchev–Trinajstić information content (AvgIpc) is 2.78. The third-order valence-corrected chi connectivity index (χ3v) is 4.81. The van der Waals surface area contributed by atoms with Crippen LogP contribution >= 0.6 is 11.6 Å². The Morgan fingerprint density at radius 3 is 2.64 bits per heavy atom.